The van der Waals surface area contributed by atoms with E-state index in [2.05, 4.69) is 40.6 Å². The maximum atomic E-state index is 12.6. The van der Waals surface area contributed by atoms with Gasteiger partial charge in [0.05, 0.1) is 23.2 Å². The zero-order valence-corrected chi connectivity index (χ0v) is 17.6. The van der Waals surface area contributed by atoms with Crippen LogP contribution in [-0.4, -0.2) is 23.5 Å². The van der Waals surface area contributed by atoms with Crippen molar-refractivity contribution in [2.24, 2.45) is 0 Å². The number of fused-ring (bicyclic) bond motifs is 1. The number of nitrogens with zero attached hydrogens (tertiary/aromatic N) is 1. The van der Waals surface area contributed by atoms with Crippen molar-refractivity contribution >= 4 is 22.4 Å². The molecule has 6 heteroatoms. The monoisotopic (exact) mass is 408 g/mol. The molecule has 0 spiro atoms. The zero-order valence-electron chi connectivity index (χ0n) is 16.8. The second-order valence-electron chi connectivity index (χ2n) is 7.62. The molecule has 0 saturated heterocycles. The second-order valence-corrected chi connectivity index (χ2v) is 8.71. The fourth-order valence-electron chi connectivity index (χ4n) is 3.54. The topological polar surface area (TPSA) is 55.7 Å². The number of hydrogen-bond acceptors (Lipinski definition) is 4. The molecule has 1 amide bonds. The summed E-state index contributed by atoms with van der Waals surface area (Å²) < 4.78 is 5.63. The number of hydrogen-bond donors (Lipinski definition) is 2. The molecule has 3 aromatic rings. The minimum Gasteiger partial charge on any atom is -0.491 e. The highest BCUT2D eigenvalue weighted by Crippen LogP contribution is 2.25. The lowest BCUT2D eigenvalue weighted by molar-refractivity contribution is -0.929. The van der Waals surface area contributed by atoms with Crippen molar-refractivity contribution in [2.75, 3.05) is 11.9 Å². The van der Waals surface area contributed by atoms with E-state index in [1.54, 1.807) is 23.5 Å². The fraction of sp³-hybridized carbons (Fsp3) is 0.304. The van der Waals surface area contributed by atoms with Crippen LogP contribution >= 0.6 is 11.3 Å². The van der Waals surface area contributed by atoms with Gasteiger partial charge in [0.15, 0.2) is 5.13 Å². The highest BCUT2D eigenvalue weighted by atomic mass is 32.1. The summed E-state index contributed by atoms with van der Waals surface area (Å²) in [7, 11) is 0. The molecule has 0 radical (unpaired) electrons. The third kappa shape index (κ3) is 5.02. The van der Waals surface area contributed by atoms with Gasteiger partial charge in [0, 0.05) is 17.5 Å². The van der Waals surface area contributed by atoms with Gasteiger partial charge in [-0.2, -0.15) is 0 Å². The number of rotatable bonds is 6. The van der Waals surface area contributed by atoms with Gasteiger partial charge in [-0.25, -0.2) is 4.98 Å². The van der Waals surface area contributed by atoms with Gasteiger partial charge in [-0.1, -0.05) is 41.7 Å². The Morgan fingerprint density at radius 1 is 1.17 bits per heavy atom. The van der Waals surface area contributed by atoms with Crippen molar-refractivity contribution < 1.29 is 14.4 Å². The molecule has 2 heterocycles. The lowest BCUT2D eigenvalue weighted by Gasteiger charge is -2.22. The third-order valence-corrected chi connectivity index (χ3v) is 5.92. The molecule has 1 unspecified atom stereocenters. The van der Waals surface area contributed by atoms with Crippen LogP contribution in [0.15, 0.2) is 54.6 Å². The minimum absolute atomic E-state index is 0.111. The first-order valence-electron chi connectivity index (χ1n) is 10.0. The Balaban J connectivity index is 1.38. The largest absolute Gasteiger partial charge is 0.491 e. The summed E-state index contributed by atoms with van der Waals surface area (Å²) in [4.78, 5) is 20.0. The van der Waals surface area contributed by atoms with E-state index in [0.717, 1.165) is 37.5 Å². The van der Waals surface area contributed by atoms with Gasteiger partial charge < -0.3 is 9.64 Å². The standard InChI is InChI=1S/C23H25N3O2S/c1-16(2)28-19-10-8-18(9-11-19)22(27)25-23-24-20-12-13-26(15-21(20)29-23)14-17-6-4-3-5-7-17/h3-11,16H,12-15H2,1-2H3,(H,24,25,27)/p+1. The predicted molar refractivity (Wildman–Crippen MR) is 116 cm³/mol. The molecule has 0 saturated carbocycles. The van der Waals surface area contributed by atoms with E-state index in [0.29, 0.717) is 10.7 Å². The van der Waals surface area contributed by atoms with E-state index in [4.69, 9.17) is 4.74 Å². The summed E-state index contributed by atoms with van der Waals surface area (Å²) in [5.74, 6) is 0.628. The average Bonchev–Trinajstić information content (AvgIpc) is 3.10. The maximum Gasteiger partial charge on any atom is 0.257 e. The van der Waals surface area contributed by atoms with Crippen molar-refractivity contribution in [3.05, 3.63) is 76.3 Å². The van der Waals surface area contributed by atoms with Gasteiger partial charge in [0.25, 0.3) is 5.91 Å². The van der Waals surface area contributed by atoms with Gasteiger partial charge in [-0.05, 0) is 38.1 Å². The number of quaternary nitrogens is 1. The van der Waals surface area contributed by atoms with Gasteiger partial charge >= 0.3 is 0 Å². The first kappa shape index (κ1) is 19.6. The van der Waals surface area contributed by atoms with Crippen LogP contribution in [0.25, 0.3) is 0 Å². The van der Waals surface area contributed by atoms with E-state index >= 15 is 0 Å². The Morgan fingerprint density at radius 2 is 1.93 bits per heavy atom. The van der Waals surface area contributed by atoms with Crippen molar-refractivity contribution in [1.82, 2.24) is 4.98 Å². The van der Waals surface area contributed by atoms with Gasteiger partial charge in [-0.3, -0.25) is 10.1 Å². The predicted octanol–water partition coefficient (Wildman–Crippen LogP) is 3.32. The summed E-state index contributed by atoms with van der Waals surface area (Å²) in [6.07, 6.45) is 1.06. The number of carbonyl (C=O) groups excluding carboxylic acids is 1. The molecular weight excluding hydrogens is 382 g/mol. The Labute approximate surface area is 175 Å². The van der Waals surface area contributed by atoms with Crippen molar-refractivity contribution in [3.8, 4) is 5.75 Å². The molecule has 4 rings (SSSR count). The molecule has 0 fully saturated rings. The lowest BCUT2D eigenvalue weighted by Crippen LogP contribution is -3.10. The summed E-state index contributed by atoms with van der Waals surface area (Å²) in [5, 5.41) is 3.64. The Morgan fingerprint density at radius 3 is 2.66 bits per heavy atom. The summed E-state index contributed by atoms with van der Waals surface area (Å²) in [6, 6.07) is 17.8. The zero-order chi connectivity index (χ0) is 20.2. The molecule has 0 bridgehead atoms. The van der Waals surface area contributed by atoms with E-state index in [1.807, 2.05) is 26.0 Å². The van der Waals surface area contributed by atoms with Crippen LogP contribution in [0.3, 0.4) is 0 Å². The van der Waals surface area contributed by atoms with Crippen molar-refractivity contribution in [2.45, 2.75) is 39.5 Å². The van der Waals surface area contributed by atoms with E-state index in [-0.39, 0.29) is 12.0 Å². The first-order chi connectivity index (χ1) is 14.1. The summed E-state index contributed by atoms with van der Waals surface area (Å²) in [5.41, 5.74) is 3.09. The second kappa shape index (κ2) is 8.76. The van der Waals surface area contributed by atoms with Crippen LogP contribution in [0.5, 0.6) is 5.75 Å². The molecule has 1 aromatic heterocycles. The van der Waals surface area contributed by atoms with Crippen molar-refractivity contribution in [3.63, 3.8) is 0 Å². The Bertz CT molecular complexity index is 968. The highest BCUT2D eigenvalue weighted by molar-refractivity contribution is 7.15. The SMILES string of the molecule is CC(C)Oc1ccc(C(=O)Nc2nc3c(s2)C[NH+](Cc2ccccc2)CC3)cc1. The average molecular weight is 409 g/mol. The number of benzene rings is 2. The van der Waals surface area contributed by atoms with Gasteiger partial charge in [0.2, 0.25) is 0 Å². The van der Waals surface area contributed by atoms with Crippen molar-refractivity contribution in [1.29, 1.82) is 0 Å². The molecule has 29 heavy (non-hydrogen) atoms. The van der Waals surface area contributed by atoms with Crippen LogP contribution in [0.2, 0.25) is 0 Å². The third-order valence-electron chi connectivity index (χ3n) is 4.91. The number of carbonyl (C=O) groups is 1. The molecule has 0 aliphatic carbocycles. The van der Waals surface area contributed by atoms with E-state index < -0.39 is 0 Å². The van der Waals surface area contributed by atoms with E-state index in [1.165, 1.54) is 15.3 Å². The summed E-state index contributed by atoms with van der Waals surface area (Å²) >= 11 is 1.60. The number of ether oxygens (including phenoxy) is 1. The van der Waals surface area contributed by atoms with Gasteiger partial charge in [0.1, 0.15) is 18.8 Å². The molecule has 1 atom stereocenters. The lowest BCUT2D eigenvalue weighted by atomic mass is 10.1. The molecule has 5 nitrogen and oxygen atoms in total. The normalized spacial score (nSPS) is 15.8. The van der Waals surface area contributed by atoms with Crippen LogP contribution < -0.4 is 15.0 Å². The van der Waals surface area contributed by atoms with Gasteiger partial charge in [-0.15, -0.1) is 0 Å². The number of nitrogens with one attached hydrogen (secondary N) is 2. The quantitative estimate of drug-likeness (QED) is 0.658. The molecule has 2 aromatic carbocycles. The van der Waals surface area contributed by atoms with E-state index in [9.17, 15) is 4.79 Å². The number of aromatic nitrogens is 1. The molecule has 2 N–H and O–H groups in total. The number of thiazole rings is 1. The maximum absolute atomic E-state index is 12.6. The van der Waals surface area contributed by atoms with Crippen LogP contribution in [0.1, 0.15) is 40.3 Å². The number of amides is 1. The molecule has 1 aliphatic rings. The fourth-order valence-corrected chi connectivity index (χ4v) is 4.62. The number of anilines is 1. The minimum atomic E-state index is -0.138. The first-order valence-corrected chi connectivity index (χ1v) is 10.8. The van der Waals surface area contributed by atoms with Crippen LogP contribution in [0, 0.1) is 0 Å². The smallest absolute Gasteiger partial charge is 0.257 e. The molecular formula is C23H26N3O2S+. The van der Waals surface area contributed by atoms with Crippen LogP contribution in [0.4, 0.5) is 5.13 Å². The highest BCUT2D eigenvalue weighted by Gasteiger charge is 2.24. The Hall–Kier alpha value is -2.70. The van der Waals surface area contributed by atoms with Crippen LogP contribution in [-0.2, 0) is 19.5 Å². The molecule has 1 aliphatic heterocycles. The molecule has 150 valence electrons. The summed E-state index contributed by atoms with van der Waals surface area (Å²) in [6.45, 7) is 7.00. The Kier molecular flexibility index (Phi) is 5.92.